The van der Waals surface area contributed by atoms with Gasteiger partial charge in [0.05, 0.1) is 11.4 Å². The summed E-state index contributed by atoms with van der Waals surface area (Å²) < 4.78 is 1.89. The van der Waals surface area contributed by atoms with Crippen LogP contribution in [-0.4, -0.2) is 39.1 Å². The molecule has 6 heteroatoms. The van der Waals surface area contributed by atoms with Crippen LogP contribution in [0.15, 0.2) is 30.3 Å². The van der Waals surface area contributed by atoms with E-state index in [0.717, 1.165) is 54.9 Å². The molecule has 1 unspecified atom stereocenters. The maximum Gasteiger partial charge on any atom is 0.247 e. The van der Waals surface area contributed by atoms with Gasteiger partial charge in [0.25, 0.3) is 0 Å². The second kappa shape index (κ2) is 7.18. The first-order valence-corrected chi connectivity index (χ1v) is 9.78. The molecule has 2 aliphatic rings. The molecule has 1 aliphatic carbocycles. The summed E-state index contributed by atoms with van der Waals surface area (Å²) in [6.07, 6.45) is 4.66. The number of aryl methyl sites for hydroxylation is 2. The lowest BCUT2D eigenvalue weighted by Gasteiger charge is -2.34. The third kappa shape index (κ3) is 3.75. The maximum absolute atomic E-state index is 12.8. The van der Waals surface area contributed by atoms with Crippen molar-refractivity contribution in [3.05, 3.63) is 41.7 Å². The van der Waals surface area contributed by atoms with Gasteiger partial charge in [-0.05, 0) is 76.3 Å². The van der Waals surface area contributed by atoms with Crippen molar-refractivity contribution in [2.24, 2.45) is 5.92 Å². The van der Waals surface area contributed by atoms with Crippen molar-refractivity contribution in [1.82, 2.24) is 14.7 Å². The molecule has 1 saturated carbocycles. The molecule has 2 fully saturated rings. The number of nitrogens with zero attached hydrogens (tertiary/aromatic N) is 3. The van der Waals surface area contributed by atoms with Gasteiger partial charge < -0.3 is 10.2 Å². The number of nitrogens with one attached hydrogen (secondary N) is 1. The summed E-state index contributed by atoms with van der Waals surface area (Å²) >= 11 is 0. The van der Waals surface area contributed by atoms with Gasteiger partial charge in [0, 0.05) is 23.8 Å². The third-order valence-corrected chi connectivity index (χ3v) is 5.40. The Labute approximate surface area is 159 Å². The van der Waals surface area contributed by atoms with Crippen LogP contribution in [0.2, 0.25) is 0 Å². The van der Waals surface area contributed by atoms with Gasteiger partial charge in [-0.3, -0.25) is 9.59 Å². The first kappa shape index (κ1) is 17.8. The molecular formula is C21H26N4O2. The topological polar surface area (TPSA) is 67.2 Å². The number of hydrogen-bond donors (Lipinski definition) is 1. The minimum Gasteiger partial charge on any atom is -0.330 e. The summed E-state index contributed by atoms with van der Waals surface area (Å²) in [7, 11) is 0. The second-order valence-electron chi connectivity index (χ2n) is 7.69. The van der Waals surface area contributed by atoms with E-state index in [0.29, 0.717) is 6.54 Å². The van der Waals surface area contributed by atoms with Crippen molar-refractivity contribution in [2.75, 3.05) is 11.9 Å². The zero-order valence-electron chi connectivity index (χ0n) is 15.9. The predicted molar refractivity (Wildman–Crippen MR) is 104 cm³/mol. The van der Waals surface area contributed by atoms with Crippen LogP contribution in [0.5, 0.6) is 0 Å². The summed E-state index contributed by atoms with van der Waals surface area (Å²) in [6, 6.07) is 9.36. The fourth-order valence-electron chi connectivity index (χ4n) is 3.83. The first-order valence-electron chi connectivity index (χ1n) is 9.78. The van der Waals surface area contributed by atoms with Gasteiger partial charge in [0.1, 0.15) is 6.04 Å². The summed E-state index contributed by atoms with van der Waals surface area (Å²) in [5.41, 5.74) is 3.75. The van der Waals surface area contributed by atoms with E-state index in [2.05, 4.69) is 10.4 Å². The lowest BCUT2D eigenvalue weighted by molar-refractivity contribution is -0.141. The highest BCUT2D eigenvalue weighted by atomic mass is 16.2. The quantitative estimate of drug-likeness (QED) is 0.903. The fraction of sp³-hybridized carbons (Fsp3) is 0.476. The maximum atomic E-state index is 12.8. The Hall–Kier alpha value is -2.63. The van der Waals surface area contributed by atoms with Crippen molar-refractivity contribution in [1.29, 1.82) is 0 Å². The molecule has 6 nitrogen and oxygen atoms in total. The van der Waals surface area contributed by atoms with Crippen LogP contribution in [0.1, 0.15) is 43.5 Å². The van der Waals surface area contributed by atoms with Crippen molar-refractivity contribution >= 4 is 17.5 Å². The molecule has 2 amide bonds. The van der Waals surface area contributed by atoms with Gasteiger partial charge >= 0.3 is 0 Å². The zero-order valence-corrected chi connectivity index (χ0v) is 15.9. The van der Waals surface area contributed by atoms with E-state index in [9.17, 15) is 9.59 Å². The van der Waals surface area contributed by atoms with Crippen LogP contribution < -0.4 is 5.32 Å². The van der Waals surface area contributed by atoms with Crippen molar-refractivity contribution < 1.29 is 9.59 Å². The van der Waals surface area contributed by atoms with E-state index >= 15 is 0 Å². The van der Waals surface area contributed by atoms with E-state index in [-0.39, 0.29) is 23.8 Å². The molecule has 1 saturated heterocycles. The fourth-order valence-corrected chi connectivity index (χ4v) is 3.83. The van der Waals surface area contributed by atoms with E-state index in [1.807, 2.05) is 48.9 Å². The Morgan fingerprint density at radius 2 is 1.81 bits per heavy atom. The van der Waals surface area contributed by atoms with Crippen molar-refractivity contribution in [3.63, 3.8) is 0 Å². The van der Waals surface area contributed by atoms with Gasteiger partial charge in [0.2, 0.25) is 11.8 Å². The molecule has 0 spiro atoms. The Morgan fingerprint density at radius 1 is 1.07 bits per heavy atom. The molecule has 1 aromatic heterocycles. The van der Waals surface area contributed by atoms with Crippen LogP contribution >= 0.6 is 0 Å². The number of rotatable bonds is 4. The van der Waals surface area contributed by atoms with Crippen LogP contribution in [0.3, 0.4) is 0 Å². The molecule has 4 rings (SSSR count). The standard InChI is InChI=1S/C21H26N4O2/c1-14-13-15(2)25(23-14)18-10-8-17(9-11-18)22-20(26)19-5-3-4-12-24(19)21(27)16-6-7-16/h8-11,13,16,19H,3-7,12H2,1-2H3,(H,22,26). The smallest absolute Gasteiger partial charge is 0.247 e. The summed E-state index contributed by atoms with van der Waals surface area (Å²) in [5.74, 6) is 0.232. The number of carbonyl (C=O) groups is 2. The highest BCUT2D eigenvalue weighted by molar-refractivity contribution is 5.97. The molecule has 0 radical (unpaired) electrons. The Kier molecular flexibility index (Phi) is 4.72. The van der Waals surface area contributed by atoms with Gasteiger partial charge in [-0.15, -0.1) is 0 Å². The van der Waals surface area contributed by atoms with Crippen molar-refractivity contribution in [2.45, 2.75) is 52.0 Å². The second-order valence-corrected chi connectivity index (χ2v) is 7.69. The molecule has 2 aromatic rings. The van der Waals surface area contributed by atoms with Gasteiger partial charge in [-0.1, -0.05) is 0 Å². The minimum absolute atomic E-state index is 0.0810. The first-order chi connectivity index (χ1) is 13.0. The molecule has 2 heterocycles. The lowest BCUT2D eigenvalue weighted by Crippen LogP contribution is -2.50. The Morgan fingerprint density at radius 3 is 2.44 bits per heavy atom. The van der Waals surface area contributed by atoms with E-state index in [4.69, 9.17) is 0 Å². The Balaban J connectivity index is 1.45. The van der Waals surface area contributed by atoms with E-state index in [1.165, 1.54) is 0 Å². The average molecular weight is 366 g/mol. The van der Waals surface area contributed by atoms with Crippen LogP contribution in [0, 0.1) is 19.8 Å². The van der Waals surface area contributed by atoms with Crippen LogP contribution in [0.4, 0.5) is 5.69 Å². The van der Waals surface area contributed by atoms with Crippen LogP contribution in [-0.2, 0) is 9.59 Å². The normalized spacial score (nSPS) is 19.8. The SMILES string of the molecule is Cc1cc(C)n(-c2ccc(NC(=O)C3CCCCN3C(=O)C3CC3)cc2)n1. The van der Waals surface area contributed by atoms with Crippen molar-refractivity contribution in [3.8, 4) is 5.69 Å². The number of aromatic nitrogens is 2. The number of benzene rings is 1. The molecule has 1 aromatic carbocycles. The lowest BCUT2D eigenvalue weighted by atomic mass is 10.0. The van der Waals surface area contributed by atoms with Gasteiger partial charge in [-0.25, -0.2) is 4.68 Å². The average Bonchev–Trinajstić information content (AvgIpc) is 3.46. The number of carbonyl (C=O) groups excluding carboxylic acids is 2. The Bertz CT molecular complexity index is 852. The third-order valence-electron chi connectivity index (χ3n) is 5.40. The highest BCUT2D eigenvalue weighted by Crippen LogP contribution is 2.33. The highest BCUT2D eigenvalue weighted by Gasteiger charge is 2.39. The summed E-state index contributed by atoms with van der Waals surface area (Å²) in [6.45, 7) is 4.69. The summed E-state index contributed by atoms with van der Waals surface area (Å²) in [5, 5.41) is 7.47. The number of anilines is 1. The monoisotopic (exact) mass is 366 g/mol. The van der Waals surface area contributed by atoms with Gasteiger partial charge in [0.15, 0.2) is 0 Å². The number of piperidine rings is 1. The van der Waals surface area contributed by atoms with E-state index in [1.54, 1.807) is 4.90 Å². The largest absolute Gasteiger partial charge is 0.330 e. The number of amides is 2. The molecule has 1 aliphatic heterocycles. The zero-order chi connectivity index (χ0) is 19.0. The predicted octanol–water partition coefficient (Wildman–Crippen LogP) is 3.22. The molecule has 1 atom stereocenters. The van der Waals surface area contributed by atoms with E-state index < -0.39 is 0 Å². The number of likely N-dealkylation sites (tertiary alicyclic amines) is 1. The minimum atomic E-state index is -0.345. The summed E-state index contributed by atoms with van der Waals surface area (Å²) in [4.78, 5) is 27.1. The molecule has 27 heavy (non-hydrogen) atoms. The molecule has 142 valence electrons. The molecular weight excluding hydrogens is 340 g/mol. The molecule has 0 bridgehead atoms. The number of hydrogen-bond acceptors (Lipinski definition) is 3. The molecule has 1 N–H and O–H groups in total. The van der Waals surface area contributed by atoms with Gasteiger partial charge in [-0.2, -0.15) is 5.10 Å². The van der Waals surface area contributed by atoms with Crippen LogP contribution in [0.25, 0.3) is 5.69 Å².